The van der Waals surface area contributed by atoms with E-state index in [0.717, 1.165) is 0 Å². The molecule has 2 aromatic carbocycles. The number of hydrogen-bond donors (Lipinski definition) is 9. The molecule has 1 fully saturated rings. The van der Waals surface area contributed by atoms with E-state index in [9.17, 15) is 61.4 Å². The maximum absolute atomic E-state index is 15.4. The quantitative estimate of drug-likeness (QED) is 0.0273. The van der Waals surface area contributed by atoms with E-state index in [1.165, 1.54) is 47.9 Å². The number of ether oxygens (including phenoxy) is 2. The minimum absolute atomic E-state index is 0.0297. The van der Waals surface area contributed by atoms with Crippen LogP contribution in [0.4, 0.5) is 23.7 Å². The number of cyclic esters (lactones) is 2. The van der Waals surface area contributed by atoms with Gasteiger partial charge in [-0.2, -0.15) is 8.78 Å². The monoisotopic (exact) mass is 1150 g/mol. The lowest BCUT2D eigenvalue weighted by molar-refractivity contribution is -0.171. The molecule has 0 spiro atoms. The summed E-state index contributed by atoms with van der Waals surface area (Å²) in [5.41, 5.74) is 10.2. The van der Waals surface area contributed by atoms with Gasteiger partial charge in [0.15, 0.2) is 0 Å². The van der Waals surface area contributed by atoms with Gasteiger partial charge in [-0.3, -0.25) is 37.8 Å². The molecular formula is C52H60F3N10O15P. The first-order valence-corrected chi connectivity index (χ1v) is 27.4. The molecule has 1 unspecified atom stereocenters. The summed E-state index contributed by atoms with van der Waals surface area (Å²) in [6.45, 7) is 5.07. The van der Waals surface area contributed by atoms with Crippen LogP contribution < -0.4 is 48.9 Å². The fourth-order valence-corrected chi connectivity index (χ4v) is 11.4. The number of esters is 2. The number of halogens is 3. The van der Waals surface area contributed by atoms with Crippen molar-refractivity contribution in [2.75, 3.05) is 18.5 Å². The van der Waals surface area contributed by atoms with Gasteiger partial charge in [-0.05, 0) is 85.4 Å². The molecule has 29 heteroatoms. The normalized spacial score (nSPS) is 19.7. The number of hydrogen-bond acceptors (Lipinski definition) is 16. The zero-order valence-electron chi connectivity index (χ0n) is 44.3. The van der Waals surface area contributed by atoms with Gasteiger partial charge in [-0.25, -0.2) is 28.3 Å². The second-order valence-electron chi connectivity index (χ2n) is 20.3. The average Bonchev–Trinajstić information content (AvgIpc) is 4.09. The predicted molar refractivity (Wildman–Crippen MR) is 279 cm³/mol. The smallest absolute Gasteiger partial charge is 0.464 e. The minimum Gasteiger partial charge on any atom is -0.464 e. The average molecular weight is 1150 g/mol. The number of nitrogens with zero attached hydrogens (tertiary/aromatic N) is 2. The molecule has 5 heterocycles. The number of pyridine rings is 2. The number of aromatic nitrogens is 2. The first-order valence-electron chi connectivity index (χ1n) is 25.9. The van der Waals surface area contributed by atoms with Crippen molar-refractivity contribution >= 4 is 71.9 Å². The number of fused-ring (bicyclic) bond motifs is 5. The van der Waals surface area contributed by atoms with E-state index >= 15 is 4.39 Å². The lowest BCUT2D eigenvalue weighted by atomic mass is 9.81. The number of phosphoric ester groups is 1. The number of aryl methyl sites for hydroxylation is 1. The Balaban J connectivity index is 0.960. The Bertz CT molecular complexity index is 3350. The van der Waals surface area contributed by atoms with Crippen LogP contribution in [-0.2, 0) is 88.4 Å². The summed E-state index contributed by atoms with van der Waals surface area (Å²) in [6.07, 6.45) is -3.49. The Morgan fingerprint density at radius 2 is 1.68 bits per heavy atom. The molecule has 0 saturated carbocycles. The second-order valence-corrected chi connectivity index (χ2v) is 21.7. The number of primary amides is 1. The summed E-state index contributed by atoms with van der Waals surface area (Å²) in [6, 6.07) is 1.59. The van der Waals surface area contributed by atoms with Crippen molar-refractivity contribution in [3.8, 4) is 11.4 Å². The first kappa shape index (κ1) is 59.3. The van der Waals surface area contributed by atoms with Gasteiger partial charge in [0.2, 0.25) is 29.2 Å². The number of nitrogens with one attached hydrogen (secondary N) is 6. The predicted octanol–water partition coefficient (Wildman–Crippen LogP) is 2.40. The fraction of sp³-hybridized carbons (Fsp3) is 0.462. The van der Waals surface area contributed by atoms with E-state index in [4.69, 9.17) is 35.0 Å². The number of alkyl halides is 2. The molecule has 4 aromatic rings. The molecule has 0 bridgehead atoms. The van der Waals surface area contributed by atoms with Gasteiger partial charge in [-0.15, -0.1) is 0 Å². The number of nitrogens with two attached hydrogens (primary N) is 2. The Labute approximate surface area is 459 Å². The molecule has 4 aliphatic rings. The lowest BCUT2D eigenvalue weighted by Gasteiger charge is -2.36. The molecule has 8 rings (SSSR count). The molecule has 434 valence electrons. The summed E-state index contributed by atoms with van der Waals surface area (Å²) >= 11 is 0. The largest absolute Gasteiger partial charge is 0.473 e. The van der Waals surface area contributed by atoms with Gasteiger partial charge in [-0.1, -0.05) is 32.9 Å². The van der Waals surface area contributed by atoms with Crippen LogP contribution in [0.1, 0.15) is 104 Å². The van der Waals surface area contributed by atoms with Gasteiger partial charge in [0.1, 0.15) is 30.5 Å². The highest BCUT2D eigenvalue weighted by Gasteiger charge is 2.53. The van der Waals surface area contributed by atoms with Gasteiger partial charge in [0, 0.05) is 41.2 Å². The highest BCUT2D eigenvalue weighted by Crippen LogP contribution is 2.55. The molecule has 3 aliphatic heterocycles. The lowest BCUT2D eigenvalue weighted by Crippen LogP contribution is -2.57. The second kappa shape index (κ2) is 24.1. The zero-order valence-corrected chi connectivity index (χ0v) is 45.2. The van der Waals surface area contributed by atoms with Crippen LogP contribution in [0, 0.1) is 18.7 Å². The van der Waals surface area contributed by atoms with Crippen LogP contribution in [0.5, 0.6) is 0 Å². The third-order valence-electron chi connectivity index (χ3n) is 14.6. The molecular weight excluding hydrogens is 1090 g/mol. The topological polar surface area (TPSA) is 370 Å². The Kier molecular flexibility index (Phi) is 17.7. The highest BCUT2D eigenvalue weighted by molar-refractivity contribution is 7.47. The highest BCUT2D eigenvalue weighted by atomic mass is 31.2. The Morgan fingerprint density at radius 3 is 2.33 bits per heavy atom. The third kappa shape index (κ3) is 12.6. The number of carbonyl (C=O) groups is 8. The number of benzene rings is 2. The van der Waals surface area contributed by atoms with Crippen LogP contribution >= 0.6 is 7.82 Å². The van der Waals surface area contributed by atoms with Gasteiger partial charge < -0.3 is 62.3 Å². The summed E-state index contributed by atoms with van der Waals surface area (Å²) in [5.74, 6) is -7.48. The minimum atomic E-state index is -5.29. The van der Waals surface area contributed by atoms with Crippen LogP contribution in [0.2, 0.25) is 0 Å². The van der Waals surface area contributed by atoms with Crippen molar-refractivity contribution < 1.29 is 79.5 Å². The van der Waals surface area contributed by atoms with E-state index in [1.807, 2.05) is 0 Å². The molecule has 11 N–H and O–H groups in total. The third-order valence-corrected chi connectivity index (χ3v) is 15.6. The number of carbonyl (C=O) groups excluding carboxylic acids is 8. The number of urea groups is 1. The van der Waals surface area contributed by atoms with Gasteiger partial charge in [0.05, 0.1) is 60.7 Å². The standard InChI is InChI=1S/C52H60F3N10O15P/c1-5-52(30-17-37-42-28(20-65(37)48(71)29(30)22-78-50(52)73)40-33(62-47(70)43(54)55)13-12-27-24(4)31(53)18-36(61-42)39(27)40)80-81(75,76)79-21-25-8-10-26(11-9-25)59-45(68)34(7-6-15-58-51(57)74)63-46(69)41(23(2)3)64-44(67)32(56)19-38(66)60-35-14-16-77-49(35)72/h8-11,17-18,23,32-35,41,43H,5-7,12-16,19-22,56H2,1-4H3,(H,59,68)(H,60,66)(H,62,70)(H,63,69)(H,64,67)(H,75,76)(H3,57,58,74)/t32-,33-,34-,35-,41-,52-/m0/s1. The van der Waals surface area contributed by atoms with Crippen molar-refractivity contribution in [3.05, 3.63) is 91.5 Å². The van der Waals surface area contributed by atoms with Crippen LogP contribution in [0.25, 0.3) is 22.3 Å². The maximum atomic E-state index is 15.4. The van der Waals surface area contributed by atoms with E-state index < -0.39 is 134 Å². The molecule has 0 radical (unpaired) electrons. The summed E-state index contributed by atoms with van der Waals surface area (Å²) < 4.78 is 79.1. The molecule has 1 saturated heterocycles. The Morgan fingerprint density at radius 1 is 0.951 bits per heavy atom. The number of phosphoric acid groups is 1. The number of amides is 7. The fourth-order valence-electron chi connectivity index (χ4n) is 10.4. The van der Waals surface area contributed by atoms with Crippen LogP contribution in [-0.4, -0.2) is 106 Å². The van der Waals surface area contributed by atoms with E-state index in [2.05, 4.69) is 31.9 Å². The molecule has 81 heavy (non-hydrogen) atoms. The molecule has 1 aliphatic carbocycles. The molecule has 7 atom stereocenters. The molecule has 7 amide bonds. The van der Waals surface area contributed by atoms with Crippen molar-refractivity contribution in [1.29, 1.82) is 0 Å². The maximum Gasteiger partial charge on any atom is 0.473 e. The summed E-state index contributed by atoms with van der Waals surface area (Å²) in [7, 11) is -5.29. The van der Waals surface area contributed by atoms with Crippen molar-refractivity contribution in [1.82, 2.24) is 36.1 Å². The Hall–Kier alpha value is -7.78. The van der Waals surface area contributed by atoms with E-state index in [1.54, 1.807) is 20.8 Å². The molecule has 25 nitrogen and oxygen atoms in total. The van der Waals surface area contributed by atoms with Crippen LogP contribution in [0.3, 0.4) is 0 Å². The van der Waals surface area contributed by atoms with Crippen molar-refractivity contribution in [2.24, 2.45) is 17.4 Å². The van der Waals surface area contributed by atoms with Gasteiger partial charge >= 0.3 is 32.2 Å². The van der Waals surface area contributed by atoms with Crippen molar-refractivity contribution in [3.63, 3.8) is 0 Å². The molecule has 2 aromatic heterocycles. The summed E-state index contributed by atoms with van der Waals surface area (Å²) in [4.78, 5) is 133. The van der Waals surface area contributed by atoms with Crippen LogP contribution in [0.15, 0.2) is 41.2 Å². The first-order chi connectivity index (χ1) is 38.3. The van der Waals surface area contributed by atoms with E-state index in [0.29, 0.717) is 27.6 Å². The van der Waals surface area contributed by atoms with E-state index in [-0.39, 0.29) is 97.5 Å². The zero-order chi connectivity index (χ0) is 58.8. The van der Waals surface area contributed by atoms with Gasteiger partial charge in [0.25, 0.3) is 11.5 Å². The SMILES string of the molecule is CC[C@@]1(OP(=O)(O)OCc2ccc(NC(=O)[C@H](CCCNC(N)=O)NC(=O)[C@@H](NC(=O)[C@@H](N)CC(=O)N[C@H]3CCOC3=O)C(C)C)cc2)C(=O)OCc2c1cc1n(c2=O)Cc2c-1nc1cc(F)c(C)c3c1c2[C@@H](NC(=O)C(F)F)CC3. The van der Waals surface area contributed by atoms with Crippen molar-refractivity contribution in [2.45, 2.75) is 135 Å². The number of anilines is 1. The number of rotatable bonds is 22. The summed E-state index contributed by atoms with van der Waals surface area (Å²) in [5, 5.41) is 15.5.